The zero-order valence-corrected chi connectivity index (χ0v) is 9.54. The molecule has 0 aliphatic heterocycles. The van der Waals surface area contributed by atoms with E-state index in [-0.39, 0.29) is 11.7 Å². The predicted octanol–water partition coefficient (Wildman–Crippen LogP) is 0.619. The molecule has 0 aliphatic carbocycles. The van der Waals surface area contributed by atoms with Gasteiger partial charge in [0, 0.05) is 12.7 Å². The second kappa shape index (κ2) is 4.44. The lowest BCUT2D eigenvalue weighted by atomic mass is 10.2. The molecule has 0 bridgehead atoms. The molecule has 2 rings (SSSR count). The second-order valence-electron chi connectivity index (χ2n) is 4.11. The fourth-order valence-corrected chi connectivity index (χ4v) is 1.47. The van der Waals surface area contributed by atoms with Gasteiger partial charge in [0.25, 0.3) is 0 Å². The van der Waals surface area contributed by atoms with E-state index >= 15 is 0 Å². The summed E-state index contributed by atoms with van der Waals surface area (Å²) in [5, 5.41) is 7.08. The highest BCUT2D eigenvalue weighted by Gasteiger charge is 2.11. The Morgan fingerprint density at radius 1 is 1.35 bits per heavy atom. The summed E-state index contributed by atoms with van der Waals surface area (Å²) in [7, 11) is 0. The maximum atomic E-state index is 13.7. The van der Waals surface area contributed by atoms with Gasteiger partial charge in [-0.3, -0.25) is 9.13 Å². The van der Waals surface area contributed by atoms with Crippen LogP contribution in [0.3, 0.4) is 0 Å². The topological polar surface area (TPSA) is 65.6 Å². The Balaban J connectivity index is 2.46. The van der Waals surface area contributed by atoms with Gasteiger partial charge in [-0.05, 0) is 5.92 Å². The Morgan fingerprint density at radius 3 is 2.59 bits per heavy atom. The number of halogens is 1. The first-order chi connectivity index (χ1) is 8.08. The summed E-state index contributed by atoms with van der Waals surface area (Å²) in [4.78, 5) is 15.3. The average molecular weight is 237 g/mol. The van der Waals surface area contributed by atoms with Gasteiger partial charge in [-0.15, -0.1) is 10.2 Å². The highest BCUT2D eigenvalue weighted by Crippen LogP contribution is 2.06. The van der Waals surface area contributed by atoms with Crippen LogP contribution in [0.15, 0.2) is 23.6 Å². The van der Waals surface area contributed by atoms with Gasteiger partial charge in [0.1, 0.15) is 12.7 Å². The largest absolute Gasteiger partial charge is 0.349 e. The van der Waals surface area contributed by atoms with Gasteiger partial charge in [-0.25, -0.2) is 9.18 Å². The number of rotatable bonds is 3. The van der Waals surface area contributed by atoms with Crippen LogP contribution in [0, 0.1) is 11.7 Å². The van der Waals surface area contributed by atoms with Crippen molar-refractivity contribution in [1.82, 2.24) is 24.3 Å². The number of nitrogens with zero attached hydrogens (tertiary/aromatic N) is 5. The molecule has 0 unspecified atom stereocenters. The van der Waals surface area contributed by atoms with Crippen molar-refractivity contribution in [3.8, 4) is 5.82 Å². The standard InChI is InChI=1S/C10H12FN5O/c1-7(2)3-15-4-8(11)9(14-10(15)17)16-5-12-13-6-16/h4-7H,3H2,1-2H3. The molecule has 0 spiro atoms. The summed E-state index contributed by atoms with van der Waals surface area (Å²) in [5.74, 6) is -0.417. The lowest BCUT2D eigenvalue weighted by Crippen LogP contribution is -2.27. The Labute approximate surface area is 96.8 Å². The maximum Gasteiger partial charge on any atom is 0.349 e. The zero-order chi connectivity index (χ0) is 12.4. The summed E-state index contributed by atoms with van der Waals surface area (Å²) < 4.78 is 16.3. The van der Waals surface area contributed by atoms with Crippen molar-refractivity contribution in [3.05, 3.63) is 35.2 Å². The van der Waals surface area contributed by atoms with Crippen molar-refractivity contribution in [3.63, 3.8) is 0 Å². The zero-order valence-electron chi connectivity index (χ0n) is 9.54. The lowest BCUT2D eigenvalue weighted by molar-refractivity contribution is 0.481. The molecular formula is C10H12FN5O. The first kappa shape index (κ1) is 11.4. The SMILES string of the molecule is CC(C)Cn1cc(F)c(-n2cnnc2)nc1=O. The van der Waals surface area contributed by atoms with E-state index < -0.39 is 11.5 Å². The summed E-state index contributed by atoms with van der Waals surface area (Å²) >= 11 is 0. The second-order valence-corrected chi connectivity index (χ2v) is 4.11. The first-order valence-electron chi connectivity index (χ1n) is 5.20. The molecule has 6 nitrogen and oxygen atoms in total. The van der Waals surface area contributed by atoms with Crippen LogP contribution in [-0.2, 0) is 6.54 Å². The van der Waals surface area contributed by atoms with E-state index in [0.29, 0.717) is 6.54 Å². The third-order valence-corrected chi connectivity index (χ3v) is 2.16. The molecule has 2 aromatic rings. The van der Waals surface area contributed by atoms with Crippen molar-refractivity contribution in [2.75, 3.05) is 0 Å². The van der Waals surface area contributed by atoms with Crippen LogP contribution in [-0.4, -0.2) is 24.3 Å². The van der Waals surface area contributed by atoms with Gasteiger partial charge in [0.15, 0.2) is 11.6 Å². The molecule has 0 fully saturated rings. The monoisotopic (exact) mass is 237 g/mol. The van der Waals surface area contributed by atoms with Gasteiger partial charge in [0.2, 0.25) is 0 Å². The van der Waals surface area contributed by atoms with Crippen LogP contribution < -0.4 is 5.69 Å². The minimum atomic E-state index is -0.579. The third kappa shape index (κ3) is 2.38. The molecule has 2 heterocycles. The van der Waals surface area contributed by atoms with Crippen LogP contribution in [0.4, 0.5) is 4.39 Å². The van der Waals surface area contributed by atoms with Crippen molar-refractivity contribution >= 4 is 0 Å². The van der Waals surface area contributed by atoms with Crippen molar-refractivity contribution in [1.29, 1.82) is 0 Å². The molecule has 0 N–H and O–H groups in total. The molecule has 0 aliphatic rings. The molecule has 0 aromatic carbocycles. The van der Waals surface area contributed by atoms with Crippen LogP contribution in [0.2, 0.25) is 0 Å². The lowest BCUT2D eigenvalue weighted by Gasteiger charge is -2.09. The molecule has 90 valence electrons. The van der Waals surface area contributed by atoms with E-state index in [4.69, 9.17) is 0 Å². The summed E-state index contributed by atoms with van der Waals surface area (Å²) in [6.07, 6.45) is 3.74. The summed E-state index contributed by atoms with van der Waals surface area (Å²) in [6, 6.07) is 0. The van der Waals surface area contributed by atoms with E-state index in [1.54, 1.807) is 0 Å². The molecule has 2 aromatic heterocycles. The molecule has 17 heavy (non-hydrogen) atoms. The van der Waals surface area contributed by atoms with E-state index in [1.807, 2.05) is 13.8 Å². The van der Waals surface area contributed by atoms with Gasteiger partial charge in [0.05, 0.1) is 0 Å². The predicted molar refractivity (Wildman–Crippen MR) is 58.2 cm³/mol. The van der Waals surface area contributed by atoms with Gasteiger partial charge < -0.3 is 0 Å². The molecular weight excluding hydrogens is 225 g/mol. The minimum Gasteiger partial charge on any atom is -0.296 e. The van der Waals surface area contributed by atoms with Crippen molar-refractivity contribution in [2.24, 2.45) is 5.92 Å². The third-order valence-electron chi connectivity index (χ3n) is 2.16. The van der Waals surface area contributed by atoms with E-state index in [0.717, 1.165) is 6.20 Å². The highest BCUT2D eigenvalue weighted by atomic mass is 19.1. The van der Waals surface area contributed by atoms with Crippen LogP contribution in [0.5, 0.6) is 0 Å². The Morgan fingerprint density at radius 2 is 2.00 bits per heavy atom. The fourth-order valence-electron chi connectivity index (χ4n) is 1.47. The Kier molecular flexibility index (Phi) is 2.99. The van der Waals surface area contributed by atoms with Gasteiger partial charge >= 0.3 is 5.69 Å². The van der Waals surface area contributed by atoms with Crippen LogP contribution >= 0.6 is 0 Å². The summed E-state index contributed by atoms with van der Waals surface area (Å²) in [6.45, 7) is 4.32. The normalized spacial score (nSPS) is 11.1. The van der Waals surface area contributed by atoms with Crippen LogP contribution in [0.1, 0.15) is 13.8 Å². The fraction of sp³-hybridized carbons (Fsp3) is 0.400. The van der Waals surface area contributed by atoms with Gasteiger partial charge in [-0.2, -0.15) is 4.98 Å². The maximum absolute atomic E-state index is 13.7. The quantitative estimate of drug-likeness (QED) is 0.784. The van der Waals surface area contributed by atoms with Gasteiger partial charge in [-0.1, -0.05) is 13.8 Å². The number of aromatic nitrogens is 5. The average Bonchev–Trinajstić information content (AvgIpc) is 2.75. The smallest absolute Gasteiger partial charge is 0.296 e. The summed E-state index contributed by atoms with van der Waals surface area (Å²) in [5.41, 5.74) is -0.483. The molecule has 0 radical (unpaired) electrons. The Hall–Kier alpha value is -2.05. The van der Waals surface area contributed by atoms with Crippen molar-refractivity contribution < 1.29 is 4.39 Å². The first-order valence-corrected chi connectivity index (χ1v) is 5.20. The van der Waals surface area contributed by atoms with E-state index in [9.17, 15) is 9.18 Å². The van der Waals surface area contributed by atoms with E-state index in [1.165, 1.54) is 21.8 Å². The van der Waals surface area contributed by atoms with Crippen molar-refractivity contribution in [2.45, 2.75) is 20.4 Å². The number of hydrogen-bond acceptors (Lipinski definition) is 4. The van der Waals surface area contributed by atoms with E-state index in [2.05, 4.69) is 15.2 Å². The highest BCUT2D eigenvalue weighted by molar-refractivity contribution is 5.20. The minimum absolute atomic E-state index is 0.0833. The molecule has 0 amide bonds. The molecule has 7 heteroatoms. The molecule has 0 atom stereocenters. The molecule has 0 saturated carbocycles. The van der Waals surface area contributed by atoms with Crippen LogP contribution in [0.25, 0.3) is 5.82 Å². The molecule has 0 saturated heterocycles. The Bertz CT molecular complexity index is 561. The number of hydrogen-bond donors (Lipinski definition) is 0.